The van der Waals surface area contributed by atoms with E-state index in [0.29, 0.717) is 0 Å². The zero-order valence-corrected chi connectivity index (χ0v) is 12.6. The molecule has 1 aliphatic rings. The average Bonchev–Trinajstić information content (AvgIpc) is 2.70. The smallest absolute Gasteiger partial charge is 0.0515 e. The van der Waals surface area contributed by atoms with Gasteiger partial charge in [-0.25, -0.2) is 0 Å². The molecule has 0 fully saturated rings. The van der Waals surface area contributed by atoms with Crippen LogP contribution in [0.1, 0.15) is 36.1 Å². The van der Waals surface area contributed by atoms with Crippen molar-refractivity contribution in [3.63, 3.8) is 0 Å². The van der Waals surface area contributed by atoms with E-state index in [4.69, 9.17) is 5.73 Å². The summed E-state index contributed by atoms with van der Waals surface area (Å²) in [6.45, 7) is 4.14. The van der Waals surface area contributed by atoms with Crippen LogP contribution in [0.2, 0.25) is 0 Å². The van der Waals surface area contributed by atoms with Gasteiger partial charge in [0.2, 0.25) is 0 Å². The standard InChI is InChI=1S/C18H23N3/c1-14(19)18(16-8-4-10-20-12-16)21-11-5-9-15-6-2-3-7-17(15)13-21/h2-4,6-8,10,12,14,18H,5,9,11,13,19H2,1H3. The third-order valence-corrected chi connectivity index (χ3v) is 4.30. The molecule has 2 unspecified atom stereocenters. The van der Waals surface area contributed by atoms with Gasteiger partial charge >= 0.3 is 0 Å². The first kappa shape index (κ1) is 14.2. The minimum Gasteiger partial charge on any atom is -0.326 e. The SMILES string of the molecule is CC(N)C(c1cccnc1)N1CCCc2ccccc2C1. The van der Waals surface area contributed by atoms with E-state index in [2.05, 4.69) is 47.1 Å². The Bertz CT molecular complexity index is 580. The lowest BCUT2D eigenvalue weighted by Gasteiger charge is -2.33. The highest BCUT2D eigenvalue weighted by Crippen LogP contribution is 2.28. The lowest BCUT2D eigenvalue weighted by Crippen LogP contribution is -2.39. The molecule has 2 heterocycles. The van der Waals surface area contributed by atoms with Crippen LogP contribution in [0.4, 0.5) is 0 Å². The van der Waals surface area contributed by atoms with Crippen molar-refractivity contribution in [1.82, 2.24) is 9.88 Å². The maximum Gasteiger partial charge on any atom is 0.0515 e. The molecule has 1 aromatic carbocycles. The van der Waals surface area contributed by atoms with Gasteiger partial charge in [-0.1, -0.05) is 30.3 Å². The number of aromatic nitrogens is 1. The summed E-state index contributed by atoms with van der Waals surface area (Å²) in [7, 11) is 0. The van der Waals surface area contributed by atoms with E-state index >= 15 is 0 Å². The number of nitrogens with zero attached hydrogens (tertiary/aromatic N) is 2. The minimum atomic E-state index is 0.0828. The second-order valence-corrected chi connectivity index (χ2v) is 5.93. The van der Waals surface area contributed by atoms with Crippen molar-refractivity contribution in [2.24, 2.45) is 5.73 Å². The van der Waals surface area contributed by atoms with Crippen LogP contribution in [0.25, 0.3) is 0 Å². The summed E-state index contributed by atoms with van der Waals surface area (Å²) in [5, 5.41) is 0. The predicted octanol–water partition coefficient (Wildman–Crippen LogP) is 2.92. The highest BCUT2D eigenvalue weighted by Gasteiger charge is 2.26. The van der Waals surface area contributed by atoms with Crippen LogP contribution in [-0.2, 0) is 13.0 Å². The highest BCUT2D eigenvalue weighted by atomic mass is 15.2. The van der Waals surface area contributed by atoms with Gasteiger partial charge in [-0.3, -0.25) is 9.88 Å². The molecule has 2 atom stereocenters. The Morgan fingerprint density at radius 2 is 1.95 bits per heavy atom. The molecule has 0 saturated heterocycles. The van der Waals surface area contributed by atoms with Crippen LogP contribution in [0.5, 0.6) is 0 Å². The van der Waals surface area contributed by atoms with E-state index in [1.807, 2.05) is 18.5 Å². The van der Waals surface area contributed by atoms with Crippen LogP contribution in [0.3, 0.4) is 0 Å². The molecule has 0 bridgehead atoms. The van der Waals surface area contributed by atoms with Crippen molar-refractivity contribution in [3.05, 3.63) is 65.5 Å². The van der Waals surface area contributed by atoms with Crippen molar-refractivity contribution >= 4 is 0 Å². The number of aryl methyl sites for hydroxylation is 1. The van der Waals surface area contributed by atoms with E-state index in [0.717, 1.165) is 19.5 Å². The Morgan fingerprint density at radius 3 is 2.67 bits per heavy atom. The first-order valence-electron chi connectivity index (χ1n) is 7.72. The summed E-state index contributed by atoms with van der Waals surface area (Å²) in [6.07, 6.45) is 6.11. The first-order valence-corrected chi connectivity index (χ1v) is 7.72. The minimum absolute atomic E-state index is 0.0828. The van der Waals surface area contributed by atoms with Crippen molar-refractivity contribution in [3.8, 4) is 0 Å². The van der Waals surface area contributed by atoms with Gasteiger partial charge in [0.1, 0.15) is 0 Å². The molecule has 110 valence electrons. The monoisotopic (exact) mass is 281 g/mol. The predicted molar refractivity (Wildman–Crippen MR) is 85.8 cm³/mol. The quantitative estimate of drug-likeness (QED) is 0.940. The number of rotatable bonds is 3. The molecule has 2 aromatic rings. The molecule has 0 aliphatic carbocycles. The molecule has 21 heavy (non-hydrogen) atoms. The third-order valence-electron chi connectivity index (χ3n) is 4.30. The lowest BCUT2D eigenvalue weighted by atomic mass is 10.00. The highest BCUT2D eigenvalue weighted by molar-refractivity contribution is 5.29. The van der Waals surface area contributed by atoms with E-state index in [1.165, 1.54) is 23.1 Å². The molecule has 3 rings (SSSR count). The van der Waals surface area contributed by atoms with Gasteiger partial charge in [0.05, 0.1) is 6.04 Å². The Hall–Kier alpha value is -1.71. The number of pyridine rings is 1. The van der Waals surface area contributed by atoms with Crippen molar-refractivity contribution in [2.45, 2.75) is 38.4 Å². The lowest BCUT2D eigenvalue weighted by molar-refractivity contribution is 0.170. The van der Waals surface area contributed by atoms with E-state index in [-0.39, 0.29) is 12.1 Å². The third kappa shape index (κ3) is 3.14. The maximum absolute atomic E-state index is 6.30. The Balaban J connectivity index is 1.90. The largest absolute Gasteiger partial charge is 0.326 e. The van der Waals surface area contributed by atoms with Crippen LogP contribution < -0.4 is 5.73 Å². The zero-order chi connectivity index (χ0) is 14.7. The van der Waals surface area contributed by atoms with Gasteiger partial charge in [0.25, 0.3) is 0 Å². The number of hydrogen-bond donors (Lipinski definition) is 1. The molecule has 3 heteroatoms. The van der Waals surface area contributed by atoms with Gasteiger partial charge in [-0.05, 0) is 49.1 Å². The maximum atomic E-state index is 6.30. The Kier molecular flexibility index (Phi) is 4.32. The van der Waals surface area contributed by atoms with Crippen LogP contribution >= 0.6 is 0 Å². The van der Waals surface area contributed by atoms with Crippen LogP contribution in [0, 0.1) is 0 Å². The van der Waals surface area contributed by atoms with Crippen molar-refractivity contribution in [2.75, 3.05) is 6.54 Å². The normalized spacial score (nSPS) is 18.6. The van der Waals surface area contributed by atoms with Crippen molar-refractivity contribution < 1.29 is 0 Å². The molecule has 1 aromatic heterocycles. The molecule has 0 amide bonds. The van der Waals surface area contributed by atoms with E-state index < -0.39 is 0 Å². The van der Waals surface area contributed by atoms with Gasteiger partial charge in [-0.2, -0.15) is 0 Å². The second kappa shape index (κ2) is 6.37. The number of fused-ring (bicyclic) bond motifs is 1. The van der Waals surface area contributed by atoms with Gasteiger partial charge < -0.3 is 5.73 Å². The number of hydrogen-bond acceptors (Lipinski definition) is 3. The number of benzene rings is 1. The number of nitrogens with two attached hydrogens (primary N) is 1. The summed E-state index contributed by atoms with van der Waals surface area (Å²) in [5.74, 6) is 0. The fourth-order valence-electron chi connectivity index (χ4n) is 3.36. The van der Waals surface area contributed by atoms with E-state index in [1.54, 1.807) is 0 Å². The van der Waals surface area contributed by atoms with Gasteiger partial charge in [0.15, 0.2) is 0 Å². The molecule has 0 radical (unpaired) electrons. The summed E-state index contributed by atoms with van der Waals surface area (Å²) in [4.78, 5) is 6.78. The molecular weight excluding hydrogens is 258 g/mol. The molecular formula is C18H23N3. The fourth-order valence-corrected chi connectivity index (χ4v) is 3.36. The second-order valence-electron chi connectivity index (χ2n) is 5.93. The first-order chi connectivity index (χ1) is 10.3. The van der Waals surface area contributed by atoms with Crippen LogP contribution in [0.15, 0.2) is 48.8 Å². The summed E-state index contributed by atoms with van der Waals surface area (Å²) >= 11 is 0. The topological polar surface area (TPSA) is 42.1 Å². The molecule has 2 N–H and O–H groups in total. The summed E-state index contributed by atoms with van der Waals surface area (Å²) in [6, 6.07) is 13.2. The van der Waals surface area contributed by atoms with E-state index in [9.17, 15) is 0 Å². The Labute approximate surface area is 126 Å². The molecule has 3 nitrogen and oxygen atoms in total. The summed E-state index contributed by atoms with van der Waals surface area (Å²) in [5.41, 5.74) is 10.4. The Morgan fingerprint density at radius 1 is 1.14 bits per heavy atom. The zero-order valence-electron chi connectivity index (χ0n) is 12.6. The molecule has 1 aliphatic heterocycles. The van der Waals surface area contributed by atoms with Crippen LogP contribution in [-0.4, -0.2) is 22.5 Å². The molecule has 0 spiro atoms. The average molecular weight is 281 g/mol. The summed E-state index contributed by atoms with van der Waals surface area (Å²) < 4.78 is 0. The van der Waals surface area contributed by atoms with Gasteiger partial charge in [0, 0.05) is 25.0 Å². The van der Waals surface area contributed by atoms with Gasteiger partial charge in [-0.15, -0.1) is 0 Å². The van der Waals surface area contributed by atoms with Crippen molar-refractivity contribution in [1.29, 1.82) is 0 Å². The fraction of sp³-hybridized carbons (Fsp3) is 0.389. The molecule has 0 saturated carbocycles.